The quantitative estimate of drug-likeness (QED) is 0.0279. The Balaban J connectivity index is 0.000000154. The second-order valence-electron chi connectivity index (χ2n) is 33.0. The van der Waals surface area contributed by atoms with E-state index in [4.69, 9.17) is 34.8 Å². The first kappa shape index (κ1) is 94.9. The third kappa shape index (κ3) is 21.4. The van der Waals surface area contributed by atoms with Gasteiger partial charge in [0.2, 0.25) is 0 Å². The van der Waals surface area contributed by atoms with E-state index < -0.39 is 24.2 Å². The Morgan fingerprint density at radius 1 is 0.359 bits per heavy atom. The first-order valence-electron chi connectivity index (χ1n) is 42.5. The van der Waals surface area contributed by atoms with E-state index in [-0.39, 0.29) is 120 Å². The van der Waals surface area contributed by atoms with Crippen molar-refractivity contribution in [2.24, 2.45) is 0 Å². The molecule has 0 aliphatic heterocycles. The number of rotatable bonds is 21. The van der Waals surface area contributed by atoms with Crippen molar-refractivity contribution < 1.29 is 43.2 Å². The highest BCUT2D eigenvalue weighted by atomic mass is 35.5. The lowest BCUT2D eigenvalue weighted by Gasteiger charge is -2.26. The Hall–Kier alpha value is -12.2. The van der Waals surface area contributed by atoms with Crippen LogP contribution in [0.3, 0.4) is 0 Å². The van der Waals surface area contributed by atoms with Crippen molar-refractivity contribution in [2.75, 3.05) is 6.26 Å². The highest BCUT2D eigenvalue weighted by Gasteiger charge is 2.35. The van der Waals surface area contributed by atoms with Gasteiger partial charge in [0.25, 0.3) is 22.2 Å². The summed E-state index contributed by atoms with van der Waals surface area (Å²) < 4.78 is 6.03. The number of thioether (sulfide) groups is 1. The van der Waals surface area contributed by atoms with Gasteiger partial charge in [0.15, 0.2) is 46.3 Å². The average Bonchev–Trinajstić information content (AvgIpc) is 0.774. The molecule has 4 fully saturated rings. The van der Waals surface area contributed by atoms with Crippen LogP contribution in [0.2, 0.25) is 15.1 Å². The van der Waals surface area contributed by atoms with Crippen molar-refractivity contribution in [1.29, 1.82) is 0 Å². The van der Waals surface area contributed by atoms with Crippen LogP contribution in [0, 0.1) is 41.5 Å². The summed E-state index contributed by atoms with van der Waals surface area (Å²) in [5.41, 5.74) is 11.4. The molecule has 12 aromatic rings. The first-order chi connectivity index (χ1) is 60.7. The fraction of sp³-hybridized carbons (Fsp3) is 0.311. The lowest BCUT2D eigenvalue weighted by atomic mass is 9.90. The van der Waals surface area contributed by atoms with Crippen LogP contribution in [0.5, 0.6) is 0 Å². The number of nitrogens with zero attached hydrogens (tertiary/aromatic N) is 8. The number of allylic oxidation sites excluding steroid dienone is 3. The van der Waals surface area contributed by atoms with Crippen molar-refractivity contribution in [3.05, 3.63) is 330 Å². The van der Waals surface area contributed by atoms with E-state index in [9.17, 15) is 62.3 Å². The fourth-order valence-electron chi connectivity index (χ4n) is 17.5. The van der Waals surface area contributed by atoms with Gasteiger partial charge in [-0.1, -0.05) is 163 Å². The van der Waals surface area contributed by atoms with Gasteiger partial charge in [-0.2, -0.15) is 0 Å². The molecule has 16 rings (SSSR count). The zero-order chi connectivity index (χ0) is 90.9. The predicted octanol–water partition coefficient (Wildman–Crippen LogP) is 20.4. The zero-order valence-corrected chi connectivity index (χ0v) is 75.1. The number of ketones is 9. The maximum atomic E-state index is 13.5. The second-order valence-corrected chi connectivity index (χ2v) is 35.1. The summed E-state index contributed by atoms with van der Waals surface area (Å²) in [5.74, 6) is 1.64. The van der Waals surface area contributed by atoms with E-state index in [1.165, 1.54) is 13.7 Å². The zero-order valence-electron chi connectivity index (χ0n) is 72.0. The first-order valence-corrected chi connectivity index (χ1v) is 44.8. The van der Waals surface area contributed by atoms with Gasteiger partial charge >= 0.3 is 0 Å². The molecule has 4 aromatic heterocycles. The Bertz CT molecular complexity index is 6620. The van der Waals surface area contributed by atoms with Crippen molar-refractivity contribution in [1.82, 2.24) is 38.2 Å². The van der Waals surface area contributed by atoms with Crippen LogP contribution in [0.4, 0.5) is 0 Å². The highest BCUT2D eigenvalue weighted by Crippen LogP contribution is 2.35. The van der Waals surface area contributed by atoms with E-state index >= 15 is 0 Å². The molecule has 0 bridgehead atoms. The van der Waals surface area contributed by atoms with Crippen LogP contribution in [-0.2, 0) is 49.7 Å². The molecule has 0 N–H and O–H groups in total. The number of benzene rings is 8. The molecule has 21 nitrogen and oxygen atoms in total. The minimum absolute atomic E-state index is 0. The van der Waals surface area contributed by atoms with Crippen molar-refractivity contribution in [3.8, 4) is 0 Å². The van der Waals surface area contributed by atoms with Crippen LogP contribution < -0.4 is 22.2 Å². The predicted molar refractivity (Wildman–Crippen MR) is 506 cm³/mol. The van der Waals surface area contributed by atoms with E-state index in [2.05, 4.69) is 39.7 Å². The number of carbonyl (C=O) groups is 9. The van der Waals surface area contributed by atoms with Gasteiger partial charge in [0.1, 0.15) is 29.1 Å². The Morgan fingerprint density at radius 2 is 0.664 bits per heavy atom. The maximum absolute atomic E-state index is 13.5. The third-order valence-electron chi connectivity index (χ3n) is 24.1. The van der Waals surface area contributed by atoms with E-state index in [0.717, 1.165) is 67.8 Å². The van der Waals surface area contributed by atoms with Gasteiger partial charge in [-0.15, -0.1) is 11.8 Å². The summed E-state index contributed by atoms with van der Waals surface area (Å²) in [4.78, 5) is 186. The fourth-order valence-corrected chi connectivity index (χ4v) is 18.3. The number of hydrogen-bond donors (Lipinski definition) is 0. The van der Waals surface area contributed by atoms with Crippen LogP contribution in [0.15, 0.2) is 218 Å². The molecule has 0 amide bonds. The molecule has 0 saturated heterocycles. The molecule has 25 heteroatoms. The monoisotopic (exact) mass is 1790 g/mol. The second kappa shape index (κ2) is 41.7. The summed E-state index contributed by atoms with van der Waals surface area (Å²) in [6, 6.07) is 44.8. The maximum Gasteiger partial charge on any atom is 0.262 e. The SMILES string of the molecule is C.C=C1CCC(n2c(C)nc3cccc(CCC(=O)c4ccc(Cl)c(C)c4)c3c2=O)C(=O)C1.C=C1CCC(n2c(C)nc3cccc(CCC(=O)c4ccc(Cl)c(Cl)c4)c3c2=O)C(=O)C1.C=C1CCC(n2c(C)nc3cccc(CCC(=O)c4cccc(C)c4)c3c2=O)C(=O)C1.CSc1ccc(C(=O)CCc2cccc3nc(C)n(C4CCC(=O)CC4=O)c(=O)c23)cc1. The molecule has 4 heterocycles. The number of carbonyl (C=O) groups excluding carboxylic acids is 9. The number of aromatic nitrogens is 8. The molecule has 4 saturated carbocycles. The topological polar surface area (TPSA) is 293 Å². The molecule has 4 unspecified atom stereocenters. The standard InChI is InChI=1S/C26H25ClN2O3.C26H26N2O3.C25H22Cl2N2O3.C25H24N2O4S.CH4/c1-15-7-11-22(24(31)13-15)29-17(3)28-21-6-4-5-18(25(21)26(29)32)9-12-23(30)19-8-10-20(27)16(2)14-19;1-16-6-4-8-20(14-16)23(29)13-11-19-7-5-9-21-25(19)26(31)28(18(3)27-21)22-12-10-17(2)15-24(22)30;1-14-6-10-21(23(31)12-14)29-15(2)28-20-5-3-4-16(24(20)25(29)32)8-11-22(30)17-7-9-18(26)19(27)13-17;1-15-26-20-5-3-4-17(8-13-22(29)16-6-10-19(32-2)11-7-16)24(20)25(31)27(15)21-12-9-18(28)14-23(21)30;/h4-6,8,10,14,22H,1,7,9,11-13H2,2-3H3;4-9,14,22H,2,10-13,15H2,1,3H3;3-5,7,9,13,21H,1,6,8,10-12H2,2H3;3-7,10-11,21H,8-9,12-14H2,1-2H3;1H4. The molecule has 8 aromatic carbocycles. The van der Waals surface area contributed by atoms with E-state index in [0.29, 0.717) is 181 Å². The van der Waals surface area contributed by atoms with Crippen LogP contribution in [0.25, 0.3) is 43.6 Å². The largest absolute Gasteiger partial charge is 0.299 e. The Labute approximate surface area is 760 Å². The van der Waals surface area contributed by atoms with Crippen molar-refractivity contribution >= 4 is 142 Å². The van der Waals surface area contributed by atoms with Crippen LogP contribution in [0.1, 0.15) is 232 Å². The number of aryl methyl sites for hydroxylation is 10. The number of fused-ring (bicyclic) bond motifs is 4. The number of halogens is 3. The van der Waals surface area contributed by atoms with Gasteiger partial charge in [-0.05, 0) is 225 Å². The molecule has 658 valence electrons. The molecule has 0 spiro atoms. The summed E-state index contributed by atoms with van der Waals surface area (Å²) >= 11 is 19.7. The highest BCUT2D eigenvalue weighted by molar-refractivity contribution is 7.98. The number of hydrogen-bond acceptors (Lipinski definition) is 18. The normalized spacial score (nSPS) is 16.4. The van der Waals surface area contributed by atoms with Crippen LogP contribution >= 0.6 is 46.6 Å². The Kier molecular flexibility index (Phi) is 30.9. The molecule has 4 aliphatic carbocycles. The van der Waals surface area contributed by atoms with Crippen molar-refractivity contribution in [3.63, 3.8) is 0 Å². The lowest BCUT2D eigenvalue weighted by molar-refractivity contribution is -0.132. The third-order valence-corrected chi connectivity index (χ3v) is 26.0. The molecular formula is C103H101Cl3N8O13S. The molecule has 0 radical (unpaired) electrons. The van der Waals surface area contributed by atoms with E-state index in [1.54, 1.807) is 98.6 Å². The van der Waals surface area contributed by atoms with Gasteiger partial charge in [-0.25, -0.2) is 19.9 Å². The van der Waals surface area contributed by atoms with E-state index in [1.807, 2.05) is 123 Å². The van der Waals surface area contributed by atoms with Gasteiger partial charge in [0, 0.05) is 83.5 Å². The minimum Gasteiger partial charge on any atom is -0.299 e. The smallest absolute Gasteiger partial charge is 0.262 e. The Morgan fingerprint density at radius 3 is 0.984 bits per heavy atom. The summed E-state index contributed by atoms with van der Waals surface area (Å²) in [6.45, 7) is 22.5. The number of Topliss-reactive ketones (excluding diaryl/α,β-unsaturated/α-hetero) is 9. The van der Waals surface area contributed by atoms with Gasteiger partial charge in [-0.3, -0.25) is 80.6 Å². The molecule has 4 atom stereocenters. The molecule has 128 heavy (non-hydrogen) atoms. The van der Waals surface area contributed by atoms with Gasteiger partial charge < -0.3 is 0 Å². The van der Waals surface area contributed by atoms with Crippen molar-refractivity contribution in [2.45, 2.75) is 206 Å². The average molecular weight is 1800 g/mol. The molecule has 4 aliphatic rings. The van der Waals surface area contributed by atoms with Crippen LogP contribution in [-0.4, -0.2) is 96.5 Å². The lowest BCUT2D eigenvalue weighted by Crippen LogP contribution is -2.36. The summed E-state index contributed by atoms with van der Waals surface area (Å²) in [7, 11) is 0. The molecular weight excluding hydrogens is 1700 g/mol. The minimum atomic E-state index is -0.665. The summed E-state index contributed by atoms with van der Waals surface area (Å²) in [6.07, 6.45) is 9.82. The van der Waals surface area contributed by atoms with Gasteiger partial charge in [0.05, 0.1) is 84.2 Å². The summed E-state index contributed by atoms with van der Waals surface area (Å²) in [5, 5.41) is 3.21.